The van der Waals surface area contributed by atoms with Crippen molar-refractivity contribution >= 4 is 0 Å². The monoisotopic (exact) mass is 267 g/mol. The molecule has 1 atom stereocenters. The van der Waals surface area contributed by atoms with Crippen molar-refractivity contribution in [3.8, 4) is 5.75 Å². The molecule has 1 fully saturated rings. The molecule has 1 aliphatic rings. The van der Waals surface area contributed by atoms with E-state index in [0.29, 0.717) is 5.92 Å². The molecule has 2 aromatic rings. The maximum Gasteiger partial charge on any atom is 0.118 e. The molecule has 2 N–H and O–H groups in total. The highest BCUT2D eigenvalue weighted by molar-refractivity contribution is 5.41. The van der Waals surface area contributed by atoms with E-state index in [0.717, 1.165) is 11.3 Å². The van der Waals surface area contributed by atoms with Crippen LogP contribution in [0.15, 0.2) is 48.5 Å². The standard InChI is InChI=1S/C18H21NO/c1-20-15-11-9-14(10-12-15)18(19)17-8-3-2-7-16(17)13-5-4-6-13/h2-3,7-13,18H,4-6,19H2,1H3. The van der Waals surface area contributed by atoms with Gasteiger partial charge in [0.05, 0.1) is 13.2 Å². The Labute approximate surface area is 120 Å². The average molecular weight is 267 g/mol. The highest BCUT2D eigenvalue weighted by atomic mass is 16.5. The molecule has 1 aliphatic carbocycles. The van der Waals surface area contributed by atoms with Crippen molar-refractivity contribution in [2.45, 2.75) is 31.2 Å². The Kier molecular flexibility index (Phi) is 3.75. The molecule has 0 aliphatic heterocycles. The molecule has 20 heavy (non-hydrogen) atoms. The van der Waals surface area contributed by atoms with Gasteiger partial charge in [-0.2, -0.15) is 0 Å². The summed E-state index contributed by atoms with van der Waals surface area (Å²) in [5.41, 5.74) is 10.3. The molecule has 0 amide bonds. The summed E-state index contributed by atoms with van der Waals surface area (Å²) in [6.07, 6.45) is 3.94. The van der Waals surface area contributed by atoms with Gasteiger partial charge >= 0.3 is 0 Å². The summed E-state index contributed by atoms with van der Waals surface area (Å²) >= 11 is 0. The molecule has 1 unspecified atom stereocenters. The summed E-state index contributed by atoms with van der Waals surface area (Å²) in [4.78, 5) is 0. The molecule has 0 bridgehead atoms. The molecule has 0 spiro atoms. The second-order valence-corrected chi connectivity index (χ2v) is 5.51. The number of ether oxygens (including phenoxy) is 1. The molecule has 2 aromatic carbocycles. The first-order chi connectivity index (χ1) is 9.79. The van der Waals surface area contributed by atoms with E-state index in [4.69, 9.17) is 10.5 Å². The van der Waals surface area contributed by atoms with Gasteiger partial charge < -0.3 is 10.5 Å². The molecular weight excluding hydrogens is 246 g/mol. The number of benzene rings is 2. The highest BCUT2D eigenvalue weighted by Gasteiger charge is 2.24. The van der Waals surface area contributed by atoms with Crippen LogP contribution >= 0.6 is 0 Å². The smallest absolute Gasteiger partial charge is 0.118 e. The number of methoxy groups -OCH3 is 1. The van der Waals surface area contributed by atoms with Crippen LogP contribution in [0, 0.1) is 0 Å². The lowest BCUT2D eigenvalue weighted by molar-refractivity contribution is 0.414. The van der Waals surface area contributed by atoms with Crippen molar-refractivity contribution in [1.82, 2.24) is 0 Å². The second-order valence-electron chi connectivity index (χ2n) is 5.51. The first-order valence-corrected chi connectivity index (χ1v) is 7.28. The number of hydrogen-bond donors (Lipinski definition) is 1. The lowest BCUT2D eigenvalue weighted by atomic mass is 9.76. The quantitative estimate of drug-likeness (QED) is 0.908. The molecule has 2 nitrogen and oxygen atoms in total. The molecular formula is C18H21NO. The van der Waals surface area contributed by atoms with Crippen LogP contribution in [-0.4, -0.2) is 7.11 Å². The third kappa shape index (κ3) is 2.44. The van der Waals surface area contributed by atoms with Crippen molar-refractivity contribution in [3.63, 3.8) is 0 Å². The van der Waals surface area contributed by atoms with Gasteiger partial charge in [-0.05, 0) is 47.6 Å². The summed E-state index contributed by atoms with van der Waals surface area (Å²) < 4.78 is 5.20. The molecule has 0 aromatic heterocycles. The maximum absolute atomic E-state index is 6.48. The van der Waals surface area contributed by atoms with Crippen molar-refractivity contribution in [2.24, 2.45) is 5.73 Å². The van der Waals surface area contributed by atoms with E-state index in [-0.39, 0.29) is 6.04 Å². The van der Waals surface area contributed by atoms with E-state index in [2.05, 4.69) is 36.4 Å². The Morgan fingerprint density at radius 2 is 1.75 bits per heavy atom. The van der Waals surface area contributed by atoms with Crippen LogP contribution in [0.5, 0.6) is 5.75 Å². The minimum Gasteiger partial charge on any atom is -0.497 e. The van der Waals surface area contributed by atoms with Crippen LogP contribution in [-0.2, 0) is 0 Å². The zero-order valence-electron chi connectivity index (χ0n) is 11.9. The topological polar surface area (TPSA) is 35.2 Å². The molecule has 0 radical (unpaired) electrons. The van der Waals surface area contributed by atoms with E-state index in [1.165, 1.54) is 30.4 Å². The van der Waals surface area contributed by atoms with E-state index in [1.54, 1.807) is 7.11 Å². The predicted molar refractivity (Wildman–Crippen MR) is 82.1 cm³/mol. The summed E-state index contributed by atoms with van der Waals surface area (Å²) in [5.74, 6) is 1.57. The Balaban J connectivity index is 1.90. The Hall–Kier alpha value is -1.80. The maximum atomic E-state index is 6.48. The Morgan fingerprint density at radius 1 is 1.05 bits per heavy atom. The first kappa shape index (κ1) is 13.2. The minimum absolute atomic E-state index is 0.0577. The van der Waals surface area contributed by atoms with Gasteiger partial charge in [0.25, 0.3) is 0 Å². The summed E-state index contributed by atoms with van der Waals surface area (Å²) in [7, 11) is 1.68. The fourth-order valence-corrected chi connectivity index (χ4v) is 2.88. The van der Waals surface area contributed by atoms with Crippen molar-refractivity contribution in [2.75, 3.05) is 7.11 Å². The highest BCUT2D eigenvalue weighted by Crippen LogP contribution is 2.40. The lowest BCUT2D eigenvalue weighted by Gasteiger charge is -2.29. The molecule has 0 heterocycles. The Bertz CT molecular complexity index is 572. The van der Waals surface area contributed by atoms with Crippen LogP contribution in [0.3, 0.4) is 0 Å². The van der Waals surface area contributed by atoms with Crippen LogP contribution in [0.2, 0.25) is 0 Å². The lowest BCUT2D eigenvalue weighted by Crippen LogP contribution is -2.18. The van der Waals surface area contributed by atoms with Gasteiger partial charge in [-0.25, -0.2) is 0 Å². The van der Waals surface area contributed by atoms with Crippen LogP contribution < -0.4 is 10.5 Å². The summed E-state index contributed by atoms with van der Waals surface area (Å²) in [5, 5.41) is 0. The molecule has 3 rings (SSSR count). The van der Waals surface area contributed by atoms with Gasteiger partial charge in [-0.15, -0.1) is 0 Å². The molecule has 0 saturated heterocycles. The number of hydrogen-bond acceptors (Lipinski definition) is 2. The fourth-order valence-electron chi connectivity index (χ4n) is 2.88. The SMILES string of the molecule is COc1ccc(C(N)c2ccccc2C2CCC2)cc1. The van der Waals surface area contributed by atoms with Crippen molar-refractivity contribution < 1.29 is 4.74 Å². The predicted octanol–water partition coefficient (Wildman–Crippen LogP) is 4.01. The van der Waals surface area contributed by atoms with Crippen LogP contribution in [0.4, 0.5) is 0 Å². The molecule has 2 heteroatoms. The average Bonchev–Trinajstić information content (AvgIpc) is 2.45. The van der Waals surface area contributed by atoms with Gasteiger partial charge in [0.1, 0.15) is 5.75 Å². The van der Waals surface area contributed by atoms with Crippen LogP contribution in [0.25, 0.3) is 0 Å². The summed E-state index contributed by atoms with van der Waals surface area (Å²) in [6.45, 7) is 0. The minimum atomic E-state index is -0.0577. The van der Waals surface area contributed by atoms with E-state index in [1.807, 2.05) is 12.1 Å². The largest absolute Gasteiger partial charge is 0.497 e. The number of nitrogens with two attached hydrogens (primary N) is 1. The molecule has 104 valence electrons. The zero-order chi connectivity index (χ0) is 13.9. The van der Waals surface area contributed by atoms with Crippen molar-refractivity contribution in [1.29, 1.82) is 0 Å². The Morgan fingerprint density at radius 3 is 2.35 bits per heavy atom. The van der Waals surface area contributed by atoms with E-state index >= 15 is 0 Å². The van der Waals surface area contributed by atoms with Crippen LogP contribution in [0.1, 0.15) is 47.9 Å². The normalized spacial score (nSPS) is 16.5. The van der Waals surface area contributed by atoms with Gasteiger partial charge in [-0.3, -0.25) is 0 Å². The van der Waals surface area contributed by atoms with E-state index in [9.17, 15) is 0 Å². The zero-order valence-corrected chi connectivity index (χ0v) is 11.9. The molecule has 1 saturated carbocycles. The van der Waals surface area contributed by atoms with Crippen molar-refractivity contribution in [3.05, 3.63) is 65.2 Å². The number of rotatable bonds is 4. The third-order valence-electron chi connectivity index (χ3n) is 4.35. The van der Waals surface area contributed by atoms with Gasteiger partial charge in [-0.1, -0.05) is 42.8 Å². The van der Waals surface area contributed by atoms with Gasteiger partial charge in [0, 0.05) is 0 Å². The summed E-state index contributed by atoms with van der Waals surface area (Å²) in [6, 6.07) is 16.6. The second kappa shape index (κ2) is 5.68. The third-order valence-corrected chi connectivity index (χ3v) is 4.35. The van der Waals surface area contributed by atoms with E-state index < -0.39 is 0 Å². The van der Waals surface area contributed by atoms with Gasteiger partial charge in [0.15, 0.2) is 0 Å². The first-order valence-electron chi connectivity index (χ1n) is 7.28. The van der Waals surface area contributed by atoms with Gasteiger partial charge in [0.2, 0.25) is 0 Å². The fraction of sp³-hybridized carbons (Fsp3) is 0.333.